The number of carbonyl (C=O) groups is 1. The van der Waals surface area contributed by atoms with Crippen LogP contribution in [-0.4, -0.2) is 29.0 Å². The van der Waals surface area contributed by atoms with Crippen LogP contribution in [0.4, 0.5) is 11.1 Å². The van der Waals surface area contributed by atoms with Gasteiger partial charge in [-0.25, -0.2) is 4.98 Å². The quantitative estimate of drug-likeness (QED) is 0.552. The van der Waals surface area contributed by atoms with Crippen molar-refractivity contribution in [2.45, 2.75) is 19.8 Å². The first kappa shape index (κ1) is 17.2. The zero-order valence-electron chi connectivity index (χ0n) is 15.5. The van der Waals surface area contributed by atoms with Gasteiger partial charge < -0.3 is 14.6 Å². The number of carbonyl (C=O) groups excluding carboxylic acids is 1. The molecule has 6 nitrogen and oxygen atoms in total. The largest absolute Gasteiger partial charge is 0.423 e. The molecule has 4 aromatic rings. The molecule has 2 aromatic heterocycles. The fourth-order valence-electron chi connectivity index (χ4n) is 3.62. The Balaban J connectivity index is 1.23. The highest BCUT2D eigenvalue weighted by Gasteiger charge is 2.27. The van der Waals surface area contributed by atoms with Gasteiger partial charge in [-0.15, -0.1) is 0 Å². The standard InChI is InChI=1S/C21H20N4O2S/c1-13-6-7-16-18(12-13)28-20(22-16)24-19(26)14-8-10-25(11-9-14)21-23-15-4-2-3-5-17(15)27-21/h2-7,12,14H,8-11H2,1H3,(H,22,24,26). The highest BCUT2D eigenvalue weighted by molar-refractivity contribution is 7.22. The van der Waals surface area contributed by atoms with E-state index in [1.165, 1.54) is 16.9 Å². The van der Waals surface area contributed by atoms with Gasteiger partial charge in [-0.05, 0) is 49.6 Å². The van der Waals surface area contributed by atoms with Gasteiger partial charge in [0.15, 0.2) is 10.7 Å². The van der Waals surface area contributed by atoms with Crippen molar-refractivity contribution in [3.63, 3.8) is 0 Å². The molecule has 0 unspecified atom stereocenters. The van der Waals surface area contributed by atoms with E-state index < -0.39 is 0 Å². The van der Waals surface area contributed by atoms with Crippen LogP contribution in [0.25, 0.3) is 21.3 Å². The van der Waals surface area contributed by atoms with Crippen molar-refractivity contribution in [2.24, 2.45) is 5.92 Å². The normalized spacial score (nSPS) is 15.4. The van der Waals surface area contributed by atoms with E-state index in [1.54, 1.807) is 0 Å². The van der Waals surface area contributed by atoms with Crippen molar-refractivity contribution >= 4 is 49.7 Å². The third-order valence-corrected chi connectivity index (χ3v) is 6.13. The number of aryl methyl sites for hydroxylation is 1. The van der Waals surface area contributed by atoms with Gasteiger partial charge in [0.05, 0.1) is 10.2 Å². The average Bonchev–Trinajstić information content (AvgIpc) is 3.31. The first-order valence-electron chi connectivity index (χ1n) is 9.44. The van der Waals surface area contributed by atoms with Crippen molar-refractivity contribution in [2.75, 3.05) is 23.3 Å². The molecule has 0 spiro atoms. The molecule has 3 heterocycles. The Morgan fingerprint density at radius 1 is 1.14 bits per heavy atom. The number of rotatable bonds is 3. The van der Waals surface area contributed by atoms with Gasteiger partial charge in [0.1, 0.15) is 5.52 Å². The van der Waals surface area contributed by atoms with Crippen molar-refractivity contribution in [1.29, 1.82) is 0 Å². The summed E-state index contributed by atoms with van der Waals surface area (Å²) in [5, 5.41) is 3.68. The number of oxazole rings is 1. The van der Waals surface area contributed by atoms with Crippen molar-refractivity contribution in [3.8, 4) is 0 Å². The molecular weight excluding hydrogens is 372 g/mol. The zero-order chi connectivity index (χ0) is 19.1. The van der Waals surface area contributed by atoms with E-state index in [4.69, 9.17) is 4.42 Å². The Labute approximate surface area is 166 Å². The molecule has 1 amide bonds. The highest BCUT2D eigenvalue weighted by Crippen LogP contribution is 2.29. The van der Waals surface area contributed by atoms with Crippen LogP contribution in [0.5, 0.6) is 0 Å². The Hall–Kier alpha value is -2.93. The van der Waals surface area contributed by atoms with Crippen molar-refractivity contribution < 1.29 is 9.21 Å². The van der Waals surface area contributed by atoms with Crippen LogP contribution in [0.1, 0.15) is 18.4 Å². The number of nitrogens with zero attached hydrogens (tertiary/aromatic N) is 3. The molecule has 142 valence electrons. The molecule has 1 N–H and O–H groups in total. The predicted molar refractivity (Wildman–Crippen MR) is 112 cm³/mol. The van der Waals surface area contributed by atoms with E-state index >= 15 is 0 Å². The summed E-state index contributed by atoms with van der Waals surface area (Å²) in [6.45, 7) is 3.57. The fourth-order valence-corrected chi connectivity index (χ4v) is 4.59. The molecule has 5 rings (SSSR count). The van der Waals surface area contributed by atoms with Crippen LogP contribution >= 0.6 is 11.3 Å². The van der Waals surface area contributed by atoms with E-state index in [2.05, 4.69) is 33.2 Å². The van der Waals surface area contributed by atoms with Gasteiger partial charge in [0.25, 0.3) is 6.01 Å². The molecule has 1 aliphatic rings. The fraction of sp³-hybridized carbons (Fsp3) is 0.286. The van der Waals surface area contributed by atoms with E-state index in [1.807, 2.05) is 36.4 Å². The number of hydrogen-bond donors (Lipinski definition) is 1. The number of anilines is 2. The monoisotopic (exact) mass is 392 g/mol. The lowest BCUT2D eigenvalue weighted by molar-refractivity contribution is -0.120. The lowest BCUT2D eigenvalue weighted by Crippen LogP contribution is -2.38. The van der Waals surface area contributed by atoms with Gasteiger partial charge in [-0.3, -0.25) is 4.79 Å². The maximum absolute atomic E-state index is 12.7. The zero-order valence-corrected chi connectivity index (χ0v) is 16.3. The third kappa shape index (κ3) is 3.22. The van der Waals surface area contributed by atoms with Crippen LogP contribution in [0, 0.1) is 12.8 Å². The Kier molecular flexibility index (Phi) is 4.24. The molecule has 0 atom stereocenters. The smallest absolute Gasteiger partial charge is 0.298 e. The summed E-state index contributed by atoms with van der Waals surface area (Å²) in [7, 11) is 0. The van der Waals surface area contributed by atoms with Gasteiger partial charge >= 0.3 is 0 Å². The predicted octanol–water partition coefficient (Wildman–Crippen LogP) is 4.60. The minimum absolute atomic E-state index is 0.0191. The molecule has 0 aliphatic carbocycles. The molecule has 0 saturated carbocycles. The number of benzene rings is 2. The summed E-state index contributed by atoms with van der Waals surface area (Å²) >= 11 is 1.53. The van der Waals surface area contributed by atoms with Crippen molar-refractivity contribution in [3.05, 3.63) is 48.0 Å². The number of amides is 1. The third-order valence-electron chi connectivity index (χ3n) is 5.19. The molecule has 2 aromatic carbocycles. The molecule has 0 bridgehead atoms. The lowest BCUT2D eigenvalue weighted by Gasteiger charge is -2.29. The maximum Gasteiger partial charge on any atom is 0.298 e. The van der Waals surface area contributed by atoms with Crippen molar-refractivity contribution in [1.82, 2.24) is 9.97 Å². The molecule has 1 saturated heterocycles. The first-order chi connectivity index (χ1) is 13.7. The van der Waals surface area contributed by atoms with Crippen LogP contribution in [0.2, 0.25) is 0 Å². The summed E-state index contributed by atoms with van der Waals surface area (Å²) in [5.41, 5.74) is 3.78. The summed E-state index contributed by atoms with van der Waals surface area (Å²) < 4.78 is 6.95. The lowest BCUT2D eigenvalue weighted by atomic mass is 9.96. The second kappa shape index (κ2) is 6.91. The summed E-state index contributed by atoms with van der Waals surface area (Å²) in [6.07, 6.45) is 1.54. The van der Waals surface area contributed by atoms with Gasteiger partial charge in [-0.2, -0.15) is 4.98 Å². The average molecular weight is 392 g/mol. The molecule has 1 fully saturated rings. The van der Waals surface area contributed by atoms with E-state index in [9.17, 15) is 4.79 Å². The van der Waals surface area contributed by atoms with Crippen LogP contribution in [-0.2, 0) is 4.79 Å². The first-order valence-corrected chi connectivity index (χ1v) is 10.3. The highest BCUT2D eigenvalue weighted by atomic mass is 32.1. The Bertz CT molecular complexity index is 1120. The summed E-state index contributed by atoms with van der Waals surface area (Å²) in [4.78, 5) is 23.9. The van der Waals surface area contributed by atoms with Crippen LogP contribution in [0.15, 0.2) is 46.9 Å². The van der Waals surface area contributed by atoms with Crippen LogP contribution < -0.4 is 10.2 Å². The van der Waals surface area contributed by atoms with E-state index in [0.717, 1.165) is 47.2 Å². The molecule has 0 radical (unpaired) electrons. The van der Waals surface area contributed by atoms with Gasteiger partial charge in [-0.1, -0.05) is 29.5 Å². The number of fused-ring (bicyclic) bond motifs is 2. The molecule has 1 aliphatic heterocycles. The number of nitrogens with one attached hydrogen (secondary N) is 1. The minimum atomic E-state index is -0.0191. The summed E-state index contributed by atoms with van der Waals surface area (Å²) in [5.74, 6) is 0.0300. The second-order valence-electron chi connectivity index (χ2n) is 7.20. The maximum atomic E-state index is 12.7. The topological polar surface area (TPSA) is 71.3 Å². The summed E-state index contributed by atoms with van der Waals surface area (Å²) in [6, 6.07) is 14.5. The second-order valence-corrected chi connectivity index (χ2v) is 8.24. The Morgan fingerprint density at radius 2 is 1.96 bits per heavy atom. The van der Waals surface area contributed by atoms with Gasteiger partial charge in [0.2, 0.25) is 5.91 Å². The number of hydrogen-bond acceptors (Lipinski definition) is 6. The molecule has 28 heavy (non-hydrogen) atoms. The van der Waals surface area contributed by atoms with E-state index in [-0.39, 0.29) is 11.8 Å². The SMILES string of the molecule is Cc1ccc2nc(NC(=O)C3CCN(c4nc5ccccc5o4)CC3)sc2c1. The molecule has 7 heteroatoms. The number of para-hydroxylation sites is 2. The number of aromatic nitrogens is 2. The van der Waals surface area contributed by atoms with Crippen LogP contribution in [0.3, 0.4) is 0 Å². The molecular formula is C21H20N4O2S. The number of piperidine rings is 1. The van der Waals surface area contributed by atoms with Gasteiger partial charge in [0, 0.05) is 19.0 Å². The number of thiazole rings is 1. The minimum Gasteiger partial charge on any atom is -0.423 e. The van der Waals surface area contributed by atoms with E-state index in [0.29, 0.717) is 11.1 Å². The Morgan fingerprint density at radius 3 is 2.79 bits per heavy atom.